The third-order valence-corrected chi connectivity index (χ3v) is 3.59. The molecule has 5 nitrogen and oxygen atoms in total. The summed E-state index contributed by atoms with van der Waals surface area (Å²) in [7, 11) is 1.65. The second-order valence-electron chi connectivity index (χ2n) is 4.85. The molecule has 1 N–H and O–H groups in total. The van der Waals surface area contributed by atoms with E-state index in [9.17, 15) is 9.59 Å². The number of aliphatic carboxylic acids is 1. The Morgan fingerprint density at radius 3 is 2.79 bits per heavy atom. The van der Waals surface area contributed by atoms with Gasteiger partial charge in [0.1, 0.15) is 6.04 Å². The second-order valence-corrected chi connectivity index (χ2v) is 4.85. The molecule has 0 aromatic heterocycles. The number of amides is 1. The maximum atomic E-state index is 12.2. The monoisotopic (exact) mass is 262 g/mol. The number of nitrogens with zero attached hydrogens (tertiary/aromatic N) is 2. The molecule has 1 aliphatic heterocycles. The van der Waals surface area contributed by atoms with Gasteiger partial charge in [-0.25, -0.2) is 0 Å². The number of likely N-dealkylation sites (N-methyl/N-ethyl adjacent to an activating group) is 1. The van der Waals surface area contributed by atoms with Crippen LogP contribution in [0.25, 0.3) is 0 Å². The number of carboxylic acids is 1. The van der Waals surface area contributed by atoms with E-state index < -0.39 is 12.0 Å². The minimum atomic E-state index is -0.919. The minimum Gasteiger partial charge on any atom is -0.480 e. The fourth-order valence-corrected chi connectivity index (χ4v) is 2.22. The SMILES string of the molecule is CC(C(=O)O)N(C)CC(=O)N1CCc2ccccc21. The summed E-state index contributed by atoms with van der Waals surface area (Å²) in [4.78, 5) is 26.4. The lowest BCUT2D eigenvalue weighted by Gasteiger charge is -2.24. The first-order valence-corrected chi connectivity index (χ1v) is 6.32. The lowest BCUT2D eigenvalue weighted by atomic mass is 10.2. The highest BCUT2D eigenvalue weighted by Crippen LogP contribution is 2.27. The second kappa shape index (κ2) is 5.40. The maximum Gasteiger partial charge on any atom is 0.320 e. The highest BCUT2D eigenvalue weighted by Gasteiger charge is 2.27. The van der Waals surface area contributed by atoms with Crippen molar-refractivity contribution in [3.63, 3.8) is 0 Å². The lowest BCUT2D eigenvalue weighted by Crippen LogP contribution is -2.44. The molecule has 1 atom stereocenters. The van der Waals surface area contributed by atoms with E-state index in [1.165, 1.54) is 5.56 Å². The van der Waals surface area contributed by atoms with Crippen LogP contribution < -0.4 is 4.90 Å². The van der Waals surface area contributed by atoms with Gasteiger partial charge in [-0.15, -0.1) is 0 Å². The number of carbonyl (C=O) groups excluding carboxylic acids is 1. The quantitative estimate of drug-likeness (QED) is 0.878. The third-order valence-electron chi connectivity index (χ3n) is 3.59. The van der Waals surface area contributed by atoms with Crippen molar-refractivity contribution < 1.29 is 14.7 Å². The number of anilines is 1. The molecule has 19 heavy (non-hydrogen) atoms. The van der Waals surface area contributed by atoms with Crippen molar-refractivity contribution in [3.8, 4) is 0 Å². The van der Waals surface area contributed by atoms with Gasteiger partial charge in [-0.2, -0.15) is 0 Å². The predicted octanol–water partition coefficient (Wildman–Crippen LogP) is 0.981. The third kappa shape index (κ3) is 2.76. The number of carbonyl (C=O) groups is 2. The summed E-state index contributed by atoms with van der Waals surface area (Å²) in [6.45, 7) is 2.36. The van der Waals surface area contributed by atoms with Gasteiger partial charge in [-0.1, -0.05) is 18.2 Å². The molecule has 1 aromatic carbocycles. The van der Waals surface area contributed by atoms with E-state index in [4.69, 9.17) is 5.11 Å². The number of para-hydroxylation sites is 1. The smallest absolute Gasteiger partial charge is 0.320 e. The number of fused-ring (bicyclic) bond motifs is 1. The number of carboxylic acid groups (broad SMARTS) is 1. The van der Waals surface area contributed by atoms with Gasteiger partial charge >= 0.3 is 5.97 Å². The van der Waals surface area contributed by atoms with Gasteiger partial charge in [0.2, 0.25) is 5.91 Å². The Bertz CT molecular complexity index is 501. The summed E-state index contributed by atoms with van der Waals surface area (Å²) in [6.07, 6.45) is 0.861. The summed E-state index contributed by atoms with van der Waals surface area (Å²) in [5.74, 6) is -0.974. The Hall–Kier alpha value is -1.88. The zero-order valence-corrected chi connectivity index (χ0v) is 11.2. The molecule has 2 rings (SSSR count). The molecule has 0 bridgehead atoms. The van der Waals surface area contributed by atoms with E-state index in [2.05, 4.69) is 0 Å². The average Bonchev–Trinajstić information content (AvgIpc) is 2.81. The number of benzene rings is 1. The van der Waals surface area contributed by atoms with Gasteiger partial charge in [-0.3, -0.25) is 14.5 Å². The standard InChI is InChI=1S/C14H18N2O3/c1-10(14(18)19)15(2)9-13(17)16-8-7-11-5-3-4-6-12(11)16/h3-6,10H,7-9H2,1-2H3,(H,18,19). The minimum absolute atomic E-state index is 0.0550. The average molecular weight is 262 g/mol. The molecule has 102 valence electrons. The summed E-state index contributed by atoms with van der Waals surface area (Å²) >= 11 is 0. The van der Waals surface area contributed by atoms with Gasteiger partial charge in [0.25, 0.3) is 0 Å². The largest absolute Gasteiger partial charge is 0.480 e. The molecule has 0 spiro atoms. The predicted molar refractivity (Wildman–Crippen MR) is 72.2 cm³/mol. The van der Waals surface area contributed by atoms with Crippen LogP contribution in [0.3, 0.4) is 0 Å². The van der Waals surface area contributed by atoms with Crippen LogP contribution in [0, 0.1) is 0 Å². The molecule has 1 aliphatic rings. The summed E-state index contributed by atoms with van der Waals surface area (Å²) in [6, 6.07) is 7.16. The number of rotatable bonds is 4. The van der Waals surface area contributed by atoms with Crippen LogP contribution >= 0.6 is 0 Å². The van der Waals surface area contributed by atoms with Gasteiger partial charge in [0.15, 0.2) is 0 Å². The molecular weight excluding hydrogens is 244 g/mol. The number of hydrogen-bond acceptors (Lipinski definition) is 3. The first kappa shape index (κ1) is 13.5. The molecular formula is C14H18N2O3. The van der Waals surface area contributed by atoms with Crippen LogP contribution in [0.5, 0.6) is 0 Å². The normalized spacial score (nSPS) is 15.4. The van der Waals surface area contributed by atoms with E-state index in [0.29, 0.717) is 6.54 Å². The molecule has 5 heteroatoms. The Morgan fingerprint density at radius 2 is 2.11 bits per heavy atom. The van der Waals surface area contributed by atoms with Crippen molar-refractivity contribution in [1.82, 2.24) is 4.90 Å². The van der Waals surface area contributed by atoms with Gasteiger partial charge < -0.3 is 10.0 Å². The van der Waals surface area contributed by atoms with Crippen LogP contribution in [0.2, 0.25) is 0 Å². The summed E-state index contributed by atoms with van der Waals surface area (Å²) < 4.78 is 0. The van der Waals surface area contributed by atoms with Crippen LogP contribution in [0.4, 0.5) is 5.69 Å². The number of hydrogen-bond donors (Lipinski definition) is 1. The van der Waals surface area contributed by atoms with Crippen molar-refractivity contribution in [2.24, 2.45) is 0 Å². The van der Waals surface area contributed by atoms with Gasteiger partial charge in [-0.05, 0) is 32.0 Å². The summed E-state index contributed by atoms with van der Waals surface area (Å²) in [5.41, 5.74) is 2.12. The van der Waals surface area contributed by atoms with Crippen molar-refractivity contribution in [2.75, 3.05) is 25.0 Å². The highest BCUT2D eigenvalue weighted by molar-refractivity contribution is 5.97. The van der Waals surface area contributed by atoms with Crippen molar-refractivity contribution >= 4 is 17.6 Å². The Kier molecular flexibility index (Phi) is 3.85. The maximum absolute atomic E-state index is 12.2. The molecule has 0 radical (unpaired) electrons. The topological polar surface area (TPSA) is 60.9 Å². The molecule has 0 saturated carbocycles. The van der Waals surface area contributed by atoms with E-state index in [-0.39, 0.29) is 12.5 Å². The molecule has 0 saturated heterocycles. The molecule has 1 unspecified atom stereocenters. The molecule has 0 fully saturated rings. The van der Waals surface area contributed by atoms with Gasteiger partial charge in [0.05, 0.1) is 6.54 Å². The Balaban J connectivity index is 2.04. The van der Waals surface area contributed by atoms with Crippen molar-refractivity contribution in [2.45, 2.75) is 19.4 Å². The van der Waals surface area contributed by atoms with E-state index in [0.717, 1.165) is 12.1 Å². The van der Waals surface area contributed by atoms with Gasteiger partial charge in [0, 0.05) is 12.2 Å². The van der Waals surface area contributed by atoms with Crippen LogP contribution in [0.1, 0.15) is 12.5 Å². The molecule has 1 aromatic rings. The molecule has 0 aliphatic carbocycles. The first-order chi connectivity index (χ1) is 9.00. The van der Waals surface area contributed by atoms with Crippen molar-refractivity contribution in [1.29, 1.82) is 0 Å². The van der Waals surface area contributed by atoms with Crippen LogP contribution in [-0.4, -0.2) is 48.1 Å². The molecule has 1 amide bonds. The zero-order valence-electron chi connectivity index (χ0n) is 11.2. The Morgan fingerprint density at radius 1 is 1.42 bits per heavy atom. The zero-order chi connectivity index (χ0) is 14.0. The van der Waals surface area contributed by atoms with E-state index >= 15 is 0 Å². The van der Waals surface area contributed by atoms with Crippen molar-refractivity contribution in [3.05, 3.63) is 29.8 Å². The highest BCUT2D eigenvalue weighted by atomic mass is 16.4. The molecule has 1 heterocycles. The fourth-order valence-electron chi connectivity index (χ4n) is 2.22. The first-order valence-electron chi connectivity index (χ1n) is 6.32. The Labute approximate surface area is 112 Å². The van der Waals surface area contributed by atoms with Crippen LogP contribution in [-0.2, 0) is 16.0 Å². The lowest BCUT2D eigenvalue weighted by molar-refractivity contribution is -0.142. The van der Waals surface area contributed by atoms with E-state index in [1.807, 2.05) is 24.3 Å². The van der Waals surface area contributed by atoms with Crippen LogP contribution in [0.15, 0.2) is 24.3 Å². The fraction of sp³-hybridized carbons (Fsp3) is 0.429. The summed E-state index contributed by atoms with van der Waals surface area (Å²) in [5, 5.41) is 8.92. The van der Waals surface area contributed by atoms with E-state index in [1.54, 1.807) is 23.8 Å².